The molecule has 10 heavy (non-hydrogen) atoms. The Bertz CT molecular complexity index is 135. The highest BCUT2D eigenvalue weighted by atomic mass is 19.3. The highest BCUT2D eigenvalue weighted by Crippen LogP contribution is 2.13. The fraction of sp³-hybridized carbons (Fsp3) is 0.429. The Morgan fingerprint density at radius 1 is 1.70 bits per heavy atom. The van der Waals surface area contributed by atoms with Crippen LogP contribution in [0.15, 0.2) is 25.0 Å². The SMILES string of the molecule is C=CC(=C)OCC(C)(F)F. The lowest BCUT2D eigenvalue weighted by Gasteiger charge is -2.10. The van der Waals surface area contributed by atoms with Crippen molar-refractivity contribution in [3.05, 3.63) is 25.0 Å². The van der Waals surface area contributed by atoms with Crippen molar-refractivity contribution in [3.63, 3.8) is 0 Å². The van der Waals surface area contributed by atoms with Crippen LogP contribution < -0.4 is 0 Å². The Hall–Kier alpha value is -0.860. The lowest BCUT2D eigenvalue weighted by atomic mass is 10.4. The van der Waals surface area contributed by atoms with Gasteiger partial charge in [-0.1, -0.05) is 13.2 Å². The van der Waals surface area contributed by atoms with E-state index in [1.54, 1.807) is 0 Å². The third kappa shape index (κ3) is 5.28. The molecule has 58 valence electrons. The van der Waals surface area contributed by atoms with Gasteiger partial charge in [0.05, 0.1) is 0 Å². The van der Waals surface area contributed by atoms with E-state index < -0.39 is 12.5 Å². The van der Waals surface area contributed by atoms with E-state index in [9.17, 15) is 8.78 Å². The summed E-state index contributed by atoms with van der Waals surface area (Å²) < 4.78 is 28.5. The molecule has 0 aliphatic carbocycles. The largest absolute Gasteiger partial charge is 0.488 e. The molecule has 0 heterocycles. The molecule has 0 radical (unpaired) electrons. The Labute approximate surface area is 59.0 Å². The fourth-order valence-electron chi connectivity index (χ4n) is 0.278. The van der Waals surface area contributed by atoms with E-state index in [1.165, 1.54) is 6.08 Å². The quantitative estimate of drug-likeness (QED) is 0.439. The van der Waals surface area contributed by atoms with Gasteiger partial charge in [0, 0.05) is 6.92 Å². The Morgan fingerprint density at radius 2 is 2.20 bits per heavy atom. The molecular formula is C7H10F2O. The van der Waals surface area contributed by atoms with Crippen molar-refractivity contribution < 1.29 is 13.5 Å². The molecule has 0 saturated carbocycles. The van der Waals surface area contributed by atoms with Gasteiger partial charge in [0.15, 0.2) is 6.61 Å². The smallest absolute Gasteiger partial charge is 0.278 e. The summed E-state index contributed by atoms with van der Waals surface area (Å²) in [6, 6.07) is 0. The summed E-state index contributed by atoms with van der Waals surface area (Å²) in [6.45, 7) is 6.73. The van der Waals surface area contributed by atoms with Gasteiger partial charge >= 0.3 is 0 Å². The van der Waals surface area contributed by atoms with Gasteiger partial charge in [-0.3, -0.25) is 0 Å². The number of allylic oxidation sites excluding steroid dienone is 1. The molecule has 0 N–H and O–H groups in total. The van der Waals surface area contributed by atoms with Crippen LogP contribution in [-0.2, 0) is 4.74 Å². The lowest BCUT2D eigenvalue weighted by Crippen LogP contribution is -2.17. The van der Waals surface area contributed by atoms with Crippen molar-refractivity contribution in [2.45, 2.75) is 12.8 Å². The van der Waals surface area contributed by atoms with Gasteiger partial charge < -0.3 is 4.74 Å². The molecule has 0 amide bonds. The van der Waals surface area contributed by atoms with E-state index in [0.717, 1.165) is 6.92 Å². The molecule has 0 atom stereocenters. The summed E-state index contributed by atoms with van der Waals surface area (Å²) in [4.78, 5) is 0. The van der Waals surface area contributed by atoms with Crippen LogP contribution >= 0.6 is 0 Å². The summed E-state index contributed by atoms with van der Waals surface area (Å²) in [6.07, 6.45) is 1.28. The molecule has 0 fully saturated rings. The summed E-state index contributed by atoms with van der Waals surface area (Å²) >= 11 is 0. The Morgan fingerprint density at radius 3 is 2.50 bits per heavy atom. The second-order valence-electron chi connectivity index (χ2n) is 2.03. The normalized spacial score (nSPS) is 10.7. The zero-order valence-electron chi connectivity index (χ0n) is 5.86. The molecule has 1 nitrogen and oxygen atoms in total. The molecular weight excluding hydrogens is 138 g/mol. The first-order valence-electron chi connectivity index (χ1n) is 2.77. The van der Waals surface area contributed by atoms with Gasteiger partial charge in [0.2, 0.25) is 0 Å². The molecule has 0 rings (SSSR count). The molecule has 0 aromatic carbocycles. The van der Waals surface area contributed by atoms with Crippen LogP contribution in [0.2, 0.25) is 0 Å². The first-order valence-corrected chi connectivity index (χ1v) is 2.77. The Balaban J connectivity index is 3.55. The van der Waals surface area contributed by atoms with E-state index in [2.05, 4.69) is 17.9 Å². The fourth-order valence-corrected chi connectivity index (χ4v) is 0.278. The minimum absolute atomic E-state index is 0.168. The number of alkyl halides is 2. The van der Waals surface area contributed by atoms with Crippen LogP contribution in [0.3, 0.4) is 0 Å². The zero-order valence-corrected chi connectivity index (χ0v) is 5.86. The average molecular weight is 148 g/mol. The first kappa shape index (κ1) is 9.14. The molecule has 0 saturated heterocycles. The number of hydrogen-bond donors (Lipinski definition) is 0. The summed E-state index contributed by atoms with van der Waals surface area (Å²) in [5.41, 5.74) is 0. The van der Waals surface area contributed by atoms with Crippen molar-refractivity contribution in [3.8, 4) is 0 Å². The number of ether oxygens (including phenoxy) is 1. The predicted molar refractivity (Wildman–Crippen MR) is 35.9 cm³/mol. The monoisotopic (exact) mass is 148 g/mol. The maximum atomic E-state index is 12.0. The van der Waals surface area contributed by atoms with Crippen molar-refractivity contribution in [1.29, 1.82) is 0 Å². The molecule has 0 spiro atoms. The zero-order chi connectivity index (χ0) is 8.20. The van der Waals surface area contributed by atoms with Crippen LogP contribution in [0.25, 0.3) is 0 Å². The maximum Gasteiger partial charge on any atom is 0.278 e. The highest BCUT2D eigenvalue weighted by Gasteiger charge is 2.21. The molecule has 0 unspecified atom stereocenters. The summed E-state index contributed by atoms with van der Waals surface area (Å²) in [7, 11) is 0. The summed E-state index contributed by atoms with van der Waals surface area (Å²) in [5, 5.41) is 0. The van der Waals surface area contributed by atoms with E-state index >= 15 is 0 Å². The van der Waals surface area contributed by atoms with Crippen molar-refractivity contribution in [2.24, 2.45) is 0 Å². The number of rotatable bonds is 4. The van der Waals surface area contributed by atoms with Gasteiger partial charge in [-0.05, 0) is 6.08 Å². The molecule has 3 heteroatoms. The lowest BCUT2D eigenvalue weighted by molar-refractivity contribution is -0.0413. The second kappa shape index (κ2) is 3.34. The van der Waals surface area contributed by atoms with E-state index in [0.29, 0.717) is 0 Å². The third-order valence-electron chi connectivity index (χ3n) is 0.739. The maximum absolute atomic E-state index is 12.0. The highest BCUT2D eigenvalue weighted by molar-refractivity contribution is 5.01. The first-order chi connectivity index (χ1) is 4.45. The van der Waals surface area contributed by atoms with Gasteiger partial charge in [-0.15, -0.1) is 0 Å². The Kier molecular flexibility index (Phi) is 3.06. The molecule has 0 aliphatic rings. The molecule has 0 bridgehead atoms. The molecule has 0 aromatic rings. The second-order valence-corrected chi connectivity index (χ2v) is 2.03. The van der Waals surface area contributed by atoms with Crippen LogP contribution in [0.4, 0.5) is 8.78 Å². The van der Waals surface area contributed by atoms with Crippen molar-refractivity contribution in [1.82, 2.24) is 0 Å². The molecule has 0 aliphatic heterocycles. The van der Waals surface area contributed by atoms with Gasteiger partial charge in [-0.2, -0.15) is 0 Å². The van der Waals surface area contributed by atoms with Crippen molar-refractivity contribution >= 4 is 0 Å². The van der Waals surface area contributed by atoms with Gasteiger partial charge in [0.25, 0.3) is 5.92 Å². The van der Waals surface area contributed by atoms with E-state index in [4.69, 9.17) is 0 Å². The van der Waals surface area contributed by atoms with Crippen molar-refractivity contribution in [2.75, 3.05) is 6.61 Å². The average Bonchev–Trinajstić information content (AvgIpc) is 1.81. The van der Waals surface area contributed by atoms with Crippen LogP contribution in [0, 0.1) is 0 Å². The van der Waals surface area contributed by atoms with Gasteiger partial charge in [0.1, 0.15) is 5.76 Å². The van der Waals surface area contributed by atoms with E-state index in [-0.39, 0.29) is 5.76 Å². The predicted octanol–water partition coefficient (Wildman–Crippen LogP) is 2.36. The van der Waals surface area contributed by atoms with Crippen LogP contribution in [0.1, 0.15) is 6.92 Å². The number of hydrogen-bond acceptors (Lipinski definition) is 1. The van der Waals surface area contributed by atoms with Crippen LogP contribution in [-0.4, -0.2) is 12.5 Å². The molecule has 0 aromatic heterocycles. The summed E-state index contributed by atoms with van der Waals surface area (Å²) in [5.74, 6) is -2.63. The third-order valence-corrected chi connectivity index (χ3v) is 0.739. The minimum atomic E-state index is -2.80. The number of halogens is 2. The van der Waals surface area contributed by atoms with Crippen LogP contribution in [0.5, 0.6) is 0 Å². The van der Waals surface area contributed by atoms with E-state index in [1.807, 2.05) is 0 Å². The topological polar surface area (TPSA) is 9.23 Å². The minimum Gasteiger partial charge on any atom is -0.488 e. The standard InChI is InChI=1S/C7H10F2O/c1-4-6(2)10-5-7(3,8)9/h4H,1-2,5H2,3H3. The van der Waals surface area contributed by atoms with Gasteiger partial charge in [-0.25, -0.2) is 8.78 Å².